The van der Waals surface area contributed by atoms with Crippen LogP contribution in [-0.2, 0) is 14.8 Å². The van der Waals surface area contributed by atoms with E-state index in [2.05, 4.69) is 24.4 Å². The van der Waals surface area contributed by atoms with Crippen molar-refractivity contribution < 1.29 is 13.2 Å². The Morgan fingerprint density at radius 3 is 2.07 bits per heavy atom. The summed E-state index contributed by atoms with van der Waals surface area (Å²) < 4.78 is 26.4. The number of carbonyl (C=O) groups excluding carboxylic acids is 1. The summed E-state index contributed by atoms with van der Waals surface area (Å²) in [6, 6.07) is 8.68. The molecule has 0 unspecified atom stereocenters. The van der Waals surface area contributed by atoms with Gasteiger partial charge in [0.1, 0.15) is 6.04 Å². The summed E-state index contributed by atoms with van der Waals surface area (Å²) in [4.78, 5) is 13.0. The van der Waals surface area contributed by atoms with Crippen molar-refractivity contribution in [2.45, 2.75) is 60.5 Å². The van der Waals surface area contributed by atoms with E-state index in [1.807, 2.05) is 46.8 Å². The maximum Gasteiger partial charge on any atom is 0.244 e. The van der Waals surface area contributed by atoms with Crippen molar-refractivity contribution in [2.75, 3.05) is 10.6 Å². The van der Waals surface area contributed by atoms with Gasteiger partial charge in [-0.3, -0.25) is 9.10 Å². The molecule has 0 saturated heterocycles. The number of anilines is 1. The third kappa shape index (κ3) is 5.18. The molecule has 2 atom stereocenters. The molecule has 158 valence electrons. The van der Waals surface area contributed by atoms with Crippen LogP contribution in [0.15, 0.2) is 30.3 Å². The lowest BCUT2D eigenvalue weighted by atomic mass is 9.96. The Hall–Kier alpha value is -2.34. The van der Waals surface area contributed by atoms with E-state index < -0.39 is 16.1 Å². The fraction of sp³-hybridized carbons (Fsp3) is 0.435. The van der Waals surface area contributed by atoms with Crippen molar-refractivity contribution >= 4 is 21.6 Å². The second-order valence-electron chi connectivity index (χ2n) is 8.05. The van der Waals surface area contributed by atoms with Crippen LogP contribution >= 0.6 is 0 Å². The normalized spacial score (nSPS) is 13.7. The molecule has 1 amide bonds. The van der Waals surface area contributed by atoms with Crippen molar-refractivity contribution in [1.82, 2.24) is 5.32 Å². The molecule has 0 aliphatic rings. The van der Waals surface area contributed by atoms with Gasteiger partial charge in [0.2, 0.25) is 15.9 Å². The Balaban J connectivity index is 2.35. The van der Waals surface area contributed by atoms with Crippen molar-refractivity contribution in [1.29, 1.82) is 0 Å². The maximum atomic E-state index is 13.0. The average molecular weight is 417 g/mol. The van der Waals surface area contributed by atoms with Crippen LogP contribution in [0.25, 0.3) is 0 Å². The molecular weight excluding hydrogens is 384 g/mol. The molecule has 0 bridgehead atoms. The van der Waals surface area contributed by atoms with Crippen LogP contribution in [0, 0.1) is 34.6 Å². The molecule has 0 radical (unpaired) electrons. The number of aryl methyl sites for hydroxylation is 5. The van der Waals surface area contributed by atoms with Gasteiger partial charge in [0.25, 0.3) is 0 Å². The average Bonchev–Trinajstić information content (AvgIpc) is 2.59. The number of rotatable bonds is 6. The van der Waals surface area contributed by atoms with Crippen LogP contribution in [0.2, 0.25) is 0 Å². The molecule has 2 rings (SSSR count). The summed E-state index contributed by atoms with van der Waals surface area (Å²) >= 11 is 0. The molecule has 29 heavy (non-hydrogen) atoms. The highest BCUT2D eigenvalue weighted by atomic mass is 32.2. The molecular formula is C23H32N2O3S. The molecule has 6 heteroatoms. The van der Waals surface area contributed by atoms with E-state index in [-0.39, 0.29) is 11.9 Å². The van der Waals surface area contributed by atoms with Crippen LogP contribution in [0.4, 0.5) is 5.69 Å². The van der Waals surface area contributed by atoms with Gasteiger partial charge < -0.3 is 5.32 Å². The van der Waals surface area contributed by atoms with Gasteiger partial charge in [-0.2, -0.15) is 0 Å². The van der Waals surface area contributed by atoms with Gasteiger partial charge in [-0.25, -0.2) is 8.42 Å². The minimum Gasteiger partial charge on any atom is -0.348 e. The molecule has 0 heterocycles. The molecule has 0 fully saturated rings. The number of nitrogens with zero attached hydrogens (tertiary/aromatic N) is 1. The van der Waals surface area contributed by atoms with Crippen LogP contribution in [0.5, 0.6) is 0 Å². The van der Waals surface area contributed by atoms with Crippen LogP contribution in [-0.4, -0.2) is 26.6 Å². The molecule has 0 aliphatic carbocycles. The molecule has 2 aromatic rings. The highest BCUT2D eigenvalue weighted by Gasteiger charge is 2.31. The predicted octanol–water partition coefficient (Wildman–Crippen LogP) is 4.26. The van der Waals surface area contributed by atoms with E-state index in [4.69, 9.17) is 0 Å². The second-order valence-corrected chi connectivity index (χ2v) is 9.91. The molecule has 0 aliphatic heterocycles. The molecule has 1 N–H and O–H groups in total. The summed E-state index contributed by atoms with van der Waals surface area (Å²) in [5, 5.41) is 2.99. The van der Waals surface area contributed by atoms with Crippen molar-refractivity contribution in [2.24, 2.45) is 0 Å². The summed E-state index contributed by atoms with van der Waals surface area (Å²) in [5.41, 5.74) is 6.77. The lowest BCUT2D eigenvalue weighted by molar-refractivity contribution is -0.122. The van der Waals surface area contributed by atoms with Crippen LogP contribution < -0.4 is 9.62 Å². The van der Waals surface area contributed by atoms with E-state index >= 15 is 0 Å². The molecule has 2 aromatic carbocycles. The smallest absolute Gasteiger partial charge is 0.244 e. The summed E-state index contributed by atoms with van der Waals surface area (Å²) in [5.74, 6) is -0.332. The Labute approximate surface area is 175 Å². The van der Waals surface area contributed by atoms with E-state index in [1.165, 1.54) is 9.87 Å². The van der Waals surface area contributed by atoms with Gasteiger partial charge in [-0.1, -0.05) is 24.3 Å². The third-order valence-electron chi connectivity index (χ3n) is 5.40. The quantitative estimate of drug-likeness (QED) is 0.765. The van der Waals surface area contributed by atoms with E-state index in [9.17, 15) is 13.2 Å². The SMILES string of the molecule is Cc1ccc(C)c(N([C@@H](C)C(=O)N[C@H](C)c2cc(C)c(C)cc2C)S(C)(=O)=O)c1. The zero-order chi connectivity index (χ0) is 22.1. The molecule has 0 aromatic heterocycles. The Morgan fingerprint density at radius 2 is 1.48 bits per heavy atom. The molecule has 0 saturated carbocycles. The van der Waals surface area contributed by atoms with Gasteiger partial charge in [0.05, 0.1) is 18.0 Å². The first-order valence-corrected chi connectivity index (χ1v) is 11.6. The number of nitrogens with one attached hydrogen (secondary N) is 1. The van der Waals surface area contributed by atoms with Gasteiger partial charge >= 0.3 is 0 Å². The van der Waals surface area contributed by atoms with Gasteiger partial charge in [-0.05, 0) is 87.9 Å². The highest BCUT2D eigenvalue weighted by Crippen LogP contribution is 2.27. The number of hydrogen-bond acceptors (Lipinski definition) is 3. The summed E-state index contributed by atoms with van der Waals surface area (Å²) in [6.07, 6.45) is 1.13. The van der Waals surface area contributed by atoms with E-state index in [1.54, 1.807) is 13.0 Å². The fourth-order valence-corrected chi connectivity index (χ4v) is 4.82. The van der Waals surface area contributed by atoms with Crippen molar-refractivity contribution in [3.63, 3.8) is 0 Å². The number of amides is 1. The second kappa shape index (κ2) is 8.57. The number of sulfonamides is 1. The first-order chi connectivity index (χ1) is 13.3. The predicted molar refractivity (Wildman–Crippen MR) is 120 cm³/mol. The number of hydrogen-bond donors (Lipinski definition) is 1. The number of benzene rings is 2. The first-order valence-electron chi connectivity index (χ1n) is 9.77. The first kappa shape index (κ1) is 22.9. The zero-order valence-electron chi connectivity index (χ0n) is 18.6. The lowest BCUT2D eigenvalue weighted by Gasteiger charge is -2.31. The minimum absolute atomic E-state index is 0.232. The van der Waals surface area contributed by atoms with Crippen molar-refractivity contribution in [3.8, 4) is 0 Å². The largest absolute Gasteiger partial charge is 0.348 e. The molecule has 5 nitrogen and oxygen atoms in total. The lowest BCUT2D eigenvalue weighted by Crippen LogP contribution is -2.48. The topological polar surface area (TPSA) is 66.5 Å². The van der Waals surface area contributed by atoms with E-state index in [0.717, 1.165) is 34.1 Å². The summed E-state index contributed by atoms with van der Waals surface area (Å²) in [6.45, 7) is 13.4. The molecule has 0 spiro atoms. The van der Waals surface area contributed by atoms with Gasteiger partial charge in [-0.15, -0.1) is 0 Å². The Bertz CT molecular complexity index is 1030. The van der Waals surface area contributed by atoms with Crippen LogP contribution in [0.3, 0.4) is 0 Å². The Kier molecular flexibility index (Phi) is 6.78. The maximum absolute atomic E-state index is 13.0. The standard InChI is InChI=1S/C23H32N2O3S/c1-14-9-10-15(2)22(11-14)25(29(8,27)28)20(7)23(26)24-19(6)21-13-17(4)16(3)12-18(21)5/h9-13,19-20H,1-8H3,(H,24,26)/t19-,20+/m1/s1. The zero-order valence-corrected chi connectivity index (χ0v) is 19.4. The third-order valence-corrected chi connectivity index (χ3v) is 6.63. The van der Waals surface area contributed by atoms with Crippen LogP contribution in [0.1, 0.15) is 53.3 Å². The Morgan fingerprint density at radius 1 is 0.897 bits per heavy atom. The van der Waals surface area contributed by atoms with Crippen molar-refractivity contribution in [3.05, 3.63) is 63.7 Å². The summed E-state index contributed by atoms with van der Waals surface area (Å²) in [7, 11) is -3.65. The van der Waals surface area contributed by atoms with Gasteiger partial charge in [0.15, 0.2) is 0 Å². The number of carbonyl (C=O) groups is 1. The fourth-order valence-electron chi connectivity index (χ4n) is 3.60. The highest BCUT2D eigenvalue weighted by molar-refractivity contribution is 7.92. The minimum atomic E-state index is -3.65. The van der Waals surface area contributed by atoms with Gasteiger partial charge in [0, 0.05) is 0 Å². The van der Waals surface area contributed by atoms with E-state index in [0.29, 0.717) is 5.69 Å². The monoisotopic (exact) mass is 416 g/mol.